The van der Waals surface area contributed by atoms with Crippen LogP contribution in [0.4, 0.5) is 10.1 Å². The van der Waals surface area contributed by atoms with Crippen molar-refractivity contribution in [3.05, 3.63) is 30.1 Å². The van der Waals surface area contributed by atoms with Crippen LogP contribution < -0.4 is 4.90 Å². The quantitative estimate of drug-likeness (QED) is 0.738. The van der Waals surface area contributed by atoms with Gasteiger partial charge in [-0.1, -0.05) is 12.8 Å². The van der Waals surface area contributed by atoms with Crippen molar-refractivity contribution in [3.63, 3.8) is 0 Å². The molecule has 2 heterocycles. The van der Waals surface area contributed by atoms with Gasteiger partial charge in [0, 0.05) is 64.5 Å². The van der Waals surface area contributed by atoms with Crippen molar-refractivity contribution >= 4 is 17.5 Å². The molecule has 2 amide bonds. The molecule has 0 atom stereocenters. The van der Waals surface area contributed by atoms with E-state index in [1.165, 1.54) is 37.8 Å². The minimum atomic E-state index is -0.229. The fraction of sp³-hybridized carbons (Fsp3) is 0.652. The lowest BCUT2D eigenvalue weighted by Gasteiger charge is -2.38. The van der Waals surface area contributed by atoms with E-state index in [4.69, 9.17) is 0 Å². The van der Waals surface area contributed by atoms with Crippen molar-refractivity contribution in [3.8, 4) is 0 Å². The normalized spacial score (nSPS) is 21.3. The summed E-state index contributed by atoms with van der Waals surface area (Å²) in [5, 5.41) is 0. The topological polar surface area (TPSA) is 47.1 Å². The highest BCUT2D eigenvalue weighted by Crippen LogP contribution is 2.28. The smallest absolute Gasteiger partial charge is 0.236 e. The number of rotatable bonds is 5. The summed E-state index contributed by atoms with van der Waals surface area (Å²) < 4.78 is 13.1. The average molecular weight is 417 g/mol. The first-order valence-corrected chi connectivity index (χ1v) is 11.4. The molecule has 1 aromatic carbocycles. The Kier molecular flexibility index (Phi) is 6.87. The van der Waals surface area contributed by atoms with Crippen molar-refractivity contribution in [2.45, 2.75) is 32.1 Å². The van der Waals surface area contributed by atoms with Gasteiger partial charge in [-0.15, -0.1) is 0 Å². The number of anilines is 1. The van der Waals surface area contributed by atoms with Gasteiger partial charge in [0.05, 0.1) is 6.54 Å². The first-order chi connectivity index (χ1) is 14.6. The Balaban J connectivity index is 1.17. The van der Waals surface area contributed by atoms with E-state index < -0.39 is 0 Å². The Bertz CT molecular complexity index is 719. The highest BCUT2D eigenvalue weighted by Gasteiger charge is 2.27. The molecule has 6 nitrogen and oxygen atoms in total. The van der Waals surface area contributed by atoms with Gasteiger partial charge in [0.25, 0.3) is 0 Å². The van der Waals surface area contributed by atoms with Crippen LogP contribution in [0.25, 0.3) is 0 Å². The SMILES string of the molecule is O=C(CC1CCCC1)N1CCN(CC(=O)N2CCN(c3ccc(F)cc3)CC2)CC1. The predicted octanol–water partition coefficient (Wildman–Crippen LogP) is 2.20. The van der Waals surface area contributed by atoms with E-state index >= 15 is 0 Å². The number of carbonyl (C=O) groups excluding carboxylic acids is 2. The van der Waals surface area contributed by atoms with E-state index in [-0.39, 0.29) is 11.7 Å². The molecule has 1 aliphatic carbocycles. The first-order valence-electron chi connectivity index (χ1n) is 11.4. The molecule has 164 valence electrons. The van der Waals surface area contributed by atoms with Crippen molar-refractivity contribution in [1.82, 2.24) is 14.7 Å². The van der Waals surface area contributed by atoms with Crippen LogP contribution in [0, 0.1) is 11.7 Å². The van der Waals surface area contributed by atoms with Crippen LogP contribution in [0.3, 0.4) is 0 Å². The monoisotopic (exact) mass is 416 g/mol. The fourth-order valence-electron chi connectivity index (χ4n) is 4.90. The van der Waals surface area contributed by atoms with Crippen LogP contribution in [0.2, 0.25) is 0 Å². The third kappa shape index (κ3) is 5.31. The molecule has 1 saturated carbocycles. The van der Waals surface area contributed by atoms with E-state index in [1.807, 2.05) is 9.80 Å². The summed E-state index contributed by atoms with van der Waals surface area (Å²) in [4.78, 5) is 33.5. The molecule has 1 aromatic rings. The summed E-state index contributed by atoms with van der Waals surface area (Å²) in [6, 6.07) is 6.54. The van der Waals surface area contributed by atoms with Crippen LogP contribution in [0.5, 0.6) is 0 Å². The van der Waals surface area contributed by atoms with Gasteiger partial charge in [-0.3, -0.25) is 14.5 Å². The highest BCUT2D eigenvalue weighted by molar-refractivity contribution is 5.79. The molecule has 0 unspecified atom stereocenters. The largest absolute Gasteiger partial charge is 0.368 e. The van der Waals surface area contributed by atoms with E-state index in [0.717, 1.165) is 45.0 Å². The van der Waals surface area contributed by atoms with Crippen LogP contribution in [-0.2, 0) is 9.59 Å². The van der Waals surface area contributed by atoms with Crippen molar-refractivity contribution in [2.24, 2.45) is 5.92 Å². The zero-order valence-corrected chi connectivity index (χ0v) is 17.8. The third-order valence-corrected chi connectivity index (χ3v) is 6.85. The summed E-state index contributed by atoms with van der Waals surface area (Å²) in [6.45, 7) is 6.36. The highest BCUT2D eigenvalue weighted by atomic mass is 19.1. The molecule has 2 saturated heterocycles. The van der Waals surface area contributed by atoms with E-state index in [9.17, 15) is 14.0 Å². The Hall–Kier alpha value is -2.15. The lowest BCUT2D eigenvalue weighted by Crippen LogP contribution is -2.54. The number of nitrogens with zero attached hydrogens (tertiary/aromatic N) is 4. The Labute approximate surface area is 178 Å². The minimum Gasteiger partial charge on any atom is -0.368 e. The molecule has 3 aliphatic rings. The number of hydrogen-bond acceptors (Lipinski definition) is 4. The predicted molar refractivity (Wildman–Crippen MR) is 115 cm³/mol. The number of benzene rings is 1. The molecule has 0 spiro atoms. The van der Waals surface area contributed by atoms with Gasteiger partial charge in [-0.05, 0) is 43.0 Å². The summed E-state index contributed by atoms with van der Waals surface area (Å²) in [6.07, 6.45) is 5.65. The number of carbonyl (C=O) groups is 2. The molecular formula is C23H33FN4O2. The fourth-order valence-corrected chi connectivity index (χ4v) is 4.90. The molecule has 7 heteroatoms. The maximum Gasteiger partial charge on any atom is 0.236 e. The first kappa shape index (κ1) is 21.1. The second-order valence-electron chi connectivity index (χ2n) is 8.86. The molecule has 0 radical (unpaired) electrons. The molecule has 0 bridgehead atoms. The van der Waals surface area contributed by atoms with Gasteiger partial charge >= 0.3 is 0 Å². The molecule has 0 N–H and O–H groups in total. The number of hydrogen-bond donors (Lipinski definition) is 0. The van der Waals surface area contributed by atoms with Crippen LogP contribution in [0.1, 0.15) is 32.1 Å². The average Bonchev–Trinajstić information content (AvgIpc) is 3.28. The van der Waals surface area contributed by atoms with Gasteiger partial charge in [-0.25, -0.2) is 4.39 Å². The minimum absolute atomic E-state index is 0.166. The zero-order valence-electron chi connectivity index (χ0n) is 17.8. The second-order valence-corrected chi connectivity index (χ2v) is 8.86. The summed E-state index contributed by atoms with van der Waals surface area (Å²) >= 11 is 0. The van der Waals surface area contributed by atoms with Gasteiger partial charge in [-0.2, -0.15) is 0 Å². The van der Waals surface area contributed by atoms with E-state index in [1.54, 1.807) is 12.1 Å². The van der Waals surface area contributed by atoms with E-state index in [0.29, 0.717) is 37.9 Å². The van der Waals surface area contributed by atoms with Crippen molar-refractivity contribution < 1.29 is 14.0 Å². The molecule has 3 fully saturated rings. The number of halogens is 1. The molecular weight excluding hydrogens is 383 g/mol. The summed E-state index contributed by atoms with van der Waals surface area (Å²) in [5.74, 6) is 0.822. The molecule has 0 aromatic heterocycles. The molecule has 2 aliphatic heterocycles. The summed E-state index contributed by atoms with van der Waals surface area (Å²) in [7, 11) is 0. The maximum absolute atomic E-state index is 13.1. The Morgan fingerprint density at radius 1 is 0.800 bits per heavy atom. The molecule has 4 rings (SSSR count). The number of piperazine rings is 2. The van der Waals surface area contributed by atoms with Gasteiger partial charge < -0.3 is 14.7 Å². The summed E-state index contributed by atoms with van der Waals surface area (Å²) in [5.41, 5.74) is 1.00. The Morgan fingerprint density at radius 2 is 1.37 bits per heavy atom. The lowest BCUT2D eigenvalue weighted by molar-refractivity contribution is -0.135. The zero-order chi connectivity index (χ0) is 20.9. The van der Waals surface area contributed by atoms with Gasteiger partial charge in [0.15, 0.2) is 0 Å². The van der Waals surface area contributed by atoms with Crippen LogP contribution >= 0.6 is 0 Å². The molecule has 30 heavy (non-hydrogen) atoms. The van der Waals surface area contributed by atoms with Gasteiger partial charge in [0.2, 0.25) is 11.8 Å². The van der Waals surface area contributed by atoms with E-state index in [2.05, 4.69) is 9.80 Å². The van der Waals surface area contributed by atoms with Crippen molar-refractivity contribution in [1.29, 1.82) is 0 Å². The van der Waals surface area contributed by atoms with Crippen molar-refractivity contribution in [2.75, 3.05) is 63.8 Å². The van der Waals surface area contributed by atoms with Gasteiger partial charge in [0.1, 0.15) is 5.82 Å². The second kappa shape index (κ2) is 9.77. The Morgan fingerprint density at radius 3 is 2.00 bits per heavy atom. The van der Waals surface area contributed by atoms with Crippen LogP contribution in [0.15, 0.2) is 24.3 Å². The van der Waals surface area contributed by atoms with Crippen LogP contribution in [-0.4, -0.2) is 85.4 Å². The third-order valence-electron chi connectivity index (χ3n) is 6.85. The standard InChI is InChI=1S/C23H33FN4O2/c24-20-5-7-21(8-6-20)26-13-15-28(16-14-26)23(30)18-25-9-11-27(12-10-25)22(29)17-19-3-1-2-4-19/h5-8,19H,1-4,9-18H2. The number of amides is 2. The lowest BCUT2D eigenvalue weighted by atomic mass is 10.0. The maximum atomic E-state index is 13.1.